The molecule has 4 aliphatic carbocycles. The first-order valence-corrected chi connectivity index (χ1v) is 10.2. The molecule has 30 heavy (non-hydrogen) atoms. The lowest BCUT2D eigenvalue weighted by atomic mass is 9.63. The highest BCUT2D eigenvalue weighted by Gasteiger charge is 2.67. The van der Waals surface area contributed by atoms with Gasteiger partial charge in [0.25, 0.3) is 0 Å². The third kappa shape index (κ3) is 2.72. The van der Waals surface area contributed by atoms with Crippen molar-refractivity contribution < 1.29 is 27.6 Å². The van der Waals surface area contributed by atoms with Gasteiger partial charge in [0.2, 0.25) is 11.8 Å². The minimum atomic E-state index is -5.17. The van der Waals surface area contributed by atoms with Crippen LogP contribution in [0.2, 0.25) is 5.02 Å². The zero-order valence-corrected chi connectivity index (χ0v) is 16.7. The number of carbonyl (C=O) groups excluding carboxylic acids is 3. The highest BCUT2D eigenvalue weighted by molar-refractivity contribution is 6.31. The topological polar surface area (TPSA) is 57.7 Å². The van der Waals surface area contributed by atoms with Gasteiger partial charge in [0.1, 0.15) is 6.67 Å². The molecule has 6 atom stereocenters. The minimum Gasteiger partial charge on any atom is -0.286 e. The molecule has 1 heterocycles. The Hall–Kier alpha value is -2.35. The van der Waals surface area contributed by atoms with Crippen molar-refractivity contribution in [3.8, 4) is 0 Å². The average molecular weight is 439 g/mol. The van der Waals surface area contributed by atoms with E-state index in [-0.39, 0.29) is 22.5 Å². The zero-order chi connectivity index (χ0) is 21.5. The van der Waals surface area contributed by atoms with E-state index in [4.69, 9.17) is 11.6 Å². The van der Waals surface area contributed by atoms with Crippen molar-refractivity contribution in [1.82, 2.24) is 4.90 Å². The number of halogens is 4. The number of aryl methyl sites for hydroxylation is 1. The van der Waals surface area contributed by atoms with Crippen molar-refractivity contribution in [3.05, 3.63) is 40.9 Å². The summed E-state index contributed by atoms with van der Waals surface area (Å²) in [6.45, 7) is 0.894. The molecule has 5 aliphatic rings. The molecule has 5 nitrogen and oxygen atoms in total. The monoisotopic (exact) mass is 438 g/mol. The summed E-state index contributed by atoms with van der Waals surface area (Å²) >= 11 is 6.04. The SMILES string of the molecule is Cc1ccc(N(CN2C(=O)[C@@H]3[C@H]4C=C[C@@H]([C@@H]5C[C@@H]45)[C@@H]3C2=O)C(=O)C(F)(F)F)cc1Cl. The first-order chi connectivity index (χ1) is 14.1. The lowest BCUT2D eigenvalue weighted by Crippen LogP contribution is -2.49. The van der Waals surface area contributed by atoms with Crippen molar-refractivity contribution in [2.45, 2.75) is 19.5 Å². The molecule has 158 valence electrons. The zero-order valence-electron chi connectivity index (χ0n) is 15.9. The lowest BCUT2D eigenvalue weighted by Gasteiger charge is -2.37. The van der Waals surface area contributed by atoms with Gasteiger partial charge in [0.15, 0.2) is 0 Å². The molecule has 0 aromatic heterocycles. The third-order valence-corrected chi connectivity index (χ3v) is 7.40. The summed E-state index contributed by atoms with van der Waals surface area (Å²) in [5, 5.41) is 0.183. The average Bonchev–Trinajstić information content (AvgIpc) is 3.47. The maximum Gasteiger partial charge on any atom is 0.471 e. The molecule has 3 fully saturated rings. The number of hydrogen-bond donors (Lipinski definition) is 0. The van der Waals surface area contributed by atoms with Crippen LogP contribution >= 0.6 is 11.6 Å². The van der Waals surface area contributed by atoms with Gasteiger partial charge >= 0.3 is 12.1 Å². The number of carbonyl (C=O) groups is 3. The van der Waals surface area contributed by atoms with E-state index in [2.05, 4.69) is 0 Å². The van der Waals surface area contributed by atoms with E-state index < -0.39 is 42.4 Å². The Bertz CT molecular complexity index is 972. The number of hydrogen-bond acceptors (Lipinski definition) is 3. The van der Waals surface area contributed by atoms with Crippen molar-refractivity contribution in [1.29, 1.82) is 0 Å². The van der Waals surface area contributed by atoms with Crippen LogP contribution in [0.4, 0.5) is 18.9 Å². The van der Waals surface area contributed by atoms with Crippen LogP contribution in [0.25, 0.3) is 0 Å². The van der Waals surface area contributed by atoms with Gasteiger partial charge in [-0.25, -0.2) is 0 Å². The fourth-order valence-electron chi connectivity index (χ4n) is 5.47. The number of benzene rings is 1. The Morgan fingerprint density at radius 3 is 2.20 bits per heavy atom. The number of anilines is 1. The van der Waals surface area contributed by atoms with Crippen LogP contribution in [0, 0.1) is 42.4 Å². The summed E-state index contributed by atoms with van der Waals surface area (Å²) in [5.41, 5.74) is 0.508. The highest BCUT2D eigenvalue weighted by atomic mass is 35.5. The van der Waals surface area contributed by atoms with Crippen LogP contribution in [0.3, 0.4) is 0 Å². The number of rotatable bonds is 3. The molecule has 2 bridgehead atoms. The van der Waals surface area contributed by atoms with Gasteiger partial charge in [-0.3, -0.25) is 24.2 Å². The Balaban J connectivity index is 1.48. The number of alkyl halides is 3. The van der Waals surface area contributed by atoms with E-state index in [1.54, 1.807) is 6.92 Å². The number of imide groups is 1. The predicted octanol–water partition coefficient (Wildman–Crippen LogP) is 3.55. The molecular formula is C21H18ClF3N2O3. The van der Waals surface area contributed by atoms with Crippen LogP contribution in [0.15, 0.2) is 30.4 Å². The first kappa shape index (κ1) is 19.6. The second-order valence-corrected chi connectivity index (χ2v) is 8.97. The van der Waals surface area contributed by atoms with Gasteiger partial charge in [-0.2, -0.15) is 13.2 Å². The molecule has 1 saturated heterocycles. The van der Waals surface area contributed by atoms with Crippen LogP contribution < -0.4 is 4.90 Å². The summed E-state index contributed by atoms with van der Waals surface area (Å²) in [6.07, 6.45) is -0.227. The number of allylic oxidation sites excluding steroid dienone is 2. The number of likely N-dealkylation sites (tertiary alicyclic amines) is 1. The number of amides is 3. The second-order valence-electron chi connectivity index (χ2n) is 8.56. The Labute approximate surface area is 175 Å². The molecule has 0 spiro atoms. The number of nitrogens with zero attached hydrogens (tertiary/aromatic N) is 2. The Kier molecular flexibility index (Phi) is 4.13. The normalized spacial score (nSPS) is 33.6. The molecule has 0 unspecified atom stereocenters. The molecule has 9 heteroatoms. The summed E-state index contributed by atoms with van der Waals surface area (Å²) in [6, 6.07) is 4.04. The van der Waals surface area contributed by atoms with Gasteiger partial charge in [-0.15, -0.1) is 0 Å². The largest absolute Gasteiger partial charge is 0.471 e. The molecular weight excluding hydrogens is 421 g/mol. The van der Waals surface area contributed by atoms with E-state index in [0.29, 0.717) is 22.3 Å². The van der Waals surface area contributed by atoms with Crippen molar-refractivity contribution >= 4 is 35.0 Å². The molecule has 1 aromatic carbocycles. The van der Waals surface area contributed by atoms with Crippen LogP contribution in [0.5, 0.6) is 0 Å². The van der Waals surface area contributed by atoms with E-state index in [0.717, 1.165) is 11.3 Å². The smallest absolute Gasteiger partial charge is 0.286 e. The van der Waals surface area contributed by atoms with Gasteiger partial charge < -0.3 is 0 Å². The summed E-state index contributed by atoms with van der Waals surface area (Å²) < 4.78 is 39.9. The predicted molar refractivity (Wildman–Crippen MR) is 101 cm³/mol. The van der Waals surface area contributed by atoms with Crippen molar-refractivity contribution in [3.63, 3.8) is 0 Å². The molecule has 2 saturated carbocycles. The van der Waals surface area contributed by atoms with Crippen LogP contribution in [-0.4, -0.2) is 35.5 Å². The van der Waals surface area contributed by atoms with Gasteiger partial charge in [0.05, 0.1) is 11.8 Å². The van der Waals surface area contributed by atoms with Crippen molar-refractivity contribution in [2.24, 2.45) is 35.5 Å². The summed E-state index contributed by atoms with van der Waals surface area (Å²) in [7, 11) is 0. The maximum atomic E-state index is 13.3. The van der Waals surface area contributed by atoms with E-state index >= 15 is 0 Å². The summed E-state index contributed by atoms with van der Waals surface area (Å²) in [4.78, 5) is 39.6. The van der Waals surface area contributed by atoms with Crippen LogP contribution in [0.1, 0.15) is 12.0 Å². The van der Waals surface area contributed by atoms with Crippen LogP contribution in [-0.2, 0) is 14.4 Å². The van der Waals surface area contributed by atoms with Crippen molar-refractivity contribution in [2.75, 3.05) is 11.6 Å². The van der Waals surface area contributed by atoms with E-state index in [1.807, 2.05) is 12.2 Å². The fraction of sp³-hybridized carbons (Fsp3) is 0.476. The Morgan fingerprint density at radius 1 is 1.13 bits per heavy atom. The van der Waals surface area contributed by atoms with E-state index in [1.165, 1.54) is 18.2 Å². The molecule has 1 aromatic rings. The quantitative estimate of drug-likeness (QED) is 0.535. The first-order valence-electron chi connectivity index (χ1n) is 9.78. The highest BCUT2D eigenvalue weighted by Crippen LogP contribution is 2.65. The van der Waals surface area contributed by atoms with E-state index in [9.17, 15) is 27.6 Å². The lowest BCUT2D eigenvalue weighted by molar-refractivity contribution is -0.171. The van der Waals surface area contributed by atoms with Gasteiger partial charge in [0, 0.05) is 10.7 Å². The fourth-order valence-corrected chi connectivity index (χ4v) is 5.64. The molecule has 0 N–H and O–H groups in total. The standard InChI is InChI=1S/C21H18ClF3N2O3/c1-9-2-3-10(6-15(9)22)26(20(30)21(23,24)25)8-27-18(28)16-11-4-5-12(14-7-13(11)14)17(16)19(27)29/h2-6,11-14,16-17H,7-8H2,1H3/t11-,12-,13-,14-,16-,17+/m0/s1. The Morgan fingerprint density at radius 2 is 1.70 bits per heavy atom. The molecule has 3 amide bonds. The molecule has 1 aliphatic heterocycles. The van der Waals surface area contributed by atoms with Gasteiger partial charge in [-0.05, 0) is 54.7 Å². The third-order valence-electron chi connectivity index (χ3n) is 6.99. The molecule has 0 radical (unpaired) electrons. The molecule has 6 rings (SSSR count). The maximum absolute atomic E-state index is 13.3. The summed E-state index contributed by atoms with van der Waals surface area (Å²) in [5.74, 6) is -3.56. The van der Waals surface area contributed by atoms with Gasteiger partial charge in [-0.1, -0.05) is 29.8 Å². The minimum absolute atomic E-state index is 0.0490. The second kappa shape index (κ2) is 6.33.